The summed E-state index contributed by atoms with van der Waals surface area (Å²) < 4.78 is 13.2. The molecule has 4 nitrogen and oxygen atoms in total. The van der Waals surface area contributed by atoms with Crippen molar-refractivity contribution in [1.29, 1.82) is 0 Å². The molecule has 0 unspecified atom stereocenters. The first-order chi connectivity index (χ1) is 9.65. The highest BCUT2D eigenvalue weighted by atomic mass is 35.5. The third-order valence-electron chi connectivity index (χ3n) is 2.83. The number of halogens is 2. The average Bonchev–Trinajstić information content (AvgIpc) is 2.44. The molecule has 0 saturated carbocycles. The van der Waals surface area contributed by atoms with Gasteiger partial charge in [-0.25, -0.2) is 14.4 Å². The maximum absolute atomic E-state index is 13.2. The van der Waals surface area contributed by atoms with E-state index >= 15 is 0 Å². The SMILES string of the molecule is CCNc1ncnc(Nc2ccc(F)c(Cl)c2)c1CC. The van der Waals surface area contributed by atoms with Gasteiger partial charge in [-0.3, -0.25) is 0 Å². The van der Waals surface area contributed by atoms with Gasteiger partial charge in [-0.15, -0.1) is 0 Å². The van der Waals surface area contributed by atoms with Gasteiger partial charge in [-0.1, -0.05) is 18.5 Å². The molecular formula is C14H16ClFN4. The molecule has 20 heavy (non-hydrogen) atoms. The summed E-state index contributed by atoms with van der Waals surface area (Å²) in [7, 11) is 0. The van der Waals surface area contributed by atoms with Crippen LogP contribution in [-0.2, 0) is 6.42 Å². The van der Waals surface area contributed by atoms with Crippen molar-refractivity contribution in [2.24, 2.45) is 0 Å². The molecule has 1 aromatic carbocycles. The molecule has 0 radical (unpaired) electrons. The smallest absolute Gasteiger partial charge is 0.141 e. The zero-order valence-corrected chi connectivity index (χ0v) is 12.1. The van der Waals surface area contributed by atoms with Crippen LogP contribution < -0.4 is 10.6 Å². The molecule has 0 aliphatic heterocycles. The second-order valence-electron chi connectivity index (χ2n) is 4.19. The Bertz CT molecular complexity index is 604. The van der Waals surface area contributed by atoms with Crippen molar-refractivity contribution in [3.63, 3.8) is 0 Å². The van der Waals surface area contributed by atoms with E-state index in [1.807, 2.05) is 13.8 Å². The van der Waals surface area contributed by atoms with E-state index in [1.165, 1.54) is 18.5 Å². The standard InChI is InChI=1S/C14H16ClFN4/c1-3-10-13(17-4-2)18-8-19-14(10)20-9-5-6-12(16)11(15)7-9/h5-8H,3-4H2,1-2H3,(H2,17,18,19,20). The molecule has 2 aromatic rings. The van der Waals surface area contributed by atoms with Crippen LogP contribution in [-0.4, -0.2) is 16.5 Å². The Morgan fingerprint density at radius 1 is 1.20 bits per heavy atom. The minimum Gasteiger partial charge on any atom is -0.370 e. The van der Waals surface area contributed by atoms with Gasteiger partial charge in [0.1, 0.15) is 23.8 Å². The number of hydrogen-bond donors (Lipinski definition) is 2. The van der Waals surface area contributed by atoms with E-state index in [4.69, 9.17) is 11.6 Å². The molecule has 0 bridgehead atoms. The fraction of sp³-hybridized carbons (Fsp3) is 0.286. The molecule has 0 spiro atoms. The molecule has 0 atom stereocenters. The first-order valence-corrected chi connectivity index (χ1v) is 6.83. The number of anilines is 3. The number of nitrogens with one attached hydrogen (secondary N) is 2. The summed E-state index contributed by atoms with van der Waals surface area (Å²) in [6, 6.07) is 4.48. The average molecular weight is 295 g/mol. The van der Waals surface area contributed by atoms with Crippen LogP contribution in [0.4, 0.5) is 21.7 Å². The van der Waals surface area contributed by atoms with Gasteiger partial charge in [0.05, 0.1) is 5.02 Å². The predicted octanol–water partition coefficient (Wildman–Crippen LogP) is 4.01. The van der Waals surface area contributed by atoms with Gasteiger partial charge < -0.3 is 10.6 Å². The van der Waals surface area contributed by atoms with Gasteiger partial charge in [0.25, 0.3) is 0 Å². The lowest BCUT2D eigenvalue weighted by Gasteiger charge is -2.14. The van der Waals surface area contributed by atoms with Crippen LogP contribution in [0.15, 0.2) is 24.5 Å². The largest absolute Gasteiger partial charge is 0.370 e. The monoisotopic (exact) mass is 294 g/mol. The molecule has 0 aliphatic carbocycles. The van der Waals surface area contributed by atoms with Crippen molar-refractivity contribution in [1.82, 2.24) is 9.97 Å². The number of hydrogen-bond acceptors (Lipinski definition) is 4. The normalized spacial score (nSPS) is 10.4. The third kappa shape index (κ3) is 3.17. The second kappa shape index (κ2) is 6.52. The van der Waals surface area contributed by atoms with Crippen LogP contribution in [0.5, 0.6) is 0 Å². The zero-order chi connectivity index (χ0) is 14.5. The van der Waals surface area contributed by atoms with Gasteiger partial charge >= 0.3 is 0 Å². The van der Waals surface area contributed by atoms with E-state index in [0.29, 0.717) is 11.5 Å². The first-order valence-electron chi connectivity index (χ1n) is 6.45. The number of rotatable bonds is 5. The maximum Gasteiger partial charge on any atom is 0.141 e. The van der Waals surface area contributed by atoms with Gasteiger partial charge in [-0.2, -0.15) is 0 Å². The van der Waals surface area contributed by atoms with E-state index in [1.54, 1.807) is 6.07 Å². The van der Waals surface area contributed by atoms with Gasteiger partial charge in [0.15, 0.2) is 0 Å². The lowest BCUT2D eigenvalue weighted by atomic mass is 10.2. The number of benzene rings is 1. The molecule has 6 heteroatoms. The highest BCUT2D eigenvalue weighted by molar-refractivity contribution is 6.31. The summed E-state index contributed by atoms with van der Waals surface area (Å²) in [6.07, 6.45) is 2.27. The lowest BCUT2D eigenvalue weighted by Crippen LogP contribution is -2.07. The Balaban J connectivity index is 2.32. The highest BCUT2D eigenvalue weighted by Crippen LogP contribution is 2.26. The van der Waals surface area contributed by atoms with E-state index in [-0.39, 0.29) is 5.02 Å². The van der Waals surface area contributed by atoms with Crippen LogP contribution in [0, 0.1) is 5.82 Å². The Kier molecular flexibility index (Phi) is 4.74. The van der Waals surface area contributed by atoms with E-state index in [0.717, 1.165) is 24.3 Å². The Morgan fingerprint density at radius 3 is 2.60 bits per heavy atom. The molecule has 2 N–H and O–H groups in total. The quantitative estimate of drug-likeness (QED) is 0.875. The van der Waals surface area contributed by atoms with Crippen molar-refractivity contribution < 1.29 is 4.39 Å². The molecule has 1 aromatic heterocycles. The molecular weight excluding hydrogens is 279 g/mol. The molecule has 106 valence electrons. The highest BCUT2D eigenvalue weighted by Gasteiger charge is 2.10. The van der Waals surface area contributed by atoms with E-state index in [2.05, 4.69) is 20.6 Å². The molecule has 0 saturated heterocycles. The van der Waals surface area contributed by atoms with Crippen molar-refractivity contribution in [3.8, 4) is 0 Å². The summed E-state index contributed by atoms with van der Waals surface area (Å²) in [5.41, 5.74) is 1.67. The van der Waals surface area contributed by atoms with Crippen molar-refractivity contribution in [2.45, 2.75) is 20.3 Å². The topological polar surface area (TPSA) is 49.8 Å². The van der Waals surface area contributed by atoms with Crippen LogP contribution in [0.2, 0.25) is 5.02 Å². The fourth-order valence-corrected chi connectivity index (χ4v) is 2.07. The summed E-state index contributed by atoms with van der Waals surface area (Å²) in [5.74, 6) is 1.06. The van der Waals surface area contributed by atoms with Crippen LogP contribution in [0.3, 0.4) is 0 Å². The lowest BCUT2D eigenvalue weighted by molar-refractivity contribution is 0.628. The number of aromatic nitrogens is 2. The van der Waals surface area contributed by atoms with Crippen LogP contribution >= 0.6 is 11.6 Å². The number of nitrogens with zero attached hydrogens (tertiary/aromatic N) is 2. The van der Waals surface area contributed by atoms with Crippen LogP contribution in [0.25, 0.3) is 0 Å². The molecule has 0 aliphatic rings. The summed E-state index contributed by atoms with van der Waals surface area (Å²) in [6.45, 7) is 4.82. The van der Waals surface area contributed by atoms with E-state index < -0.39 is 5.82 Å². The van der Waals surface area contributed by atoms with Crippen molar-refractivity contribution >= 4 is 28.9 Å². The zero-order valence-electron chi connectivity index (χ0n) is 11.4. The molecule has 1 heterocycles. The summed E-state index contributed by atoms with van der Waals surface area (Å²) >= 11 is 5.77. The van der Waals surface area contributed by atoms with E-state index in [9.17, 15) is 4.39 Å². The summed E-state index contributed by atoms with van der Waals surface area (Å²) in [5, 5.41) is 6.42. The molecule has 0 fully saturated rings. The van der Waals surface area contributed by atoms with Gasteiger partial charge in [-0.05, 0) is 31.5 Å². The Labute approximate surface area is 122 Å². The van der Waals surface area contributed by atoms with Crippen molar-refractivity contribution in [3.05, 3.63) is 40.9 Å². The first kappa shape index (κ1) is 14.5. The predicted molar refractivity (Wildman–Crippen MR) is 80.3 cm³/mol. The van der Waals surface area contributed by atoms with Gasteiger partial charge in [0.2, 0.25) is 0 Å². The van der Waals surface area contributed by atoms with Crippen LogP contribution in [0.1, 0.15) is 19.4 Å². The summed E-state index contributed by atoms with van der Waals surface area (Å²) in [4.78, 5) is 8.47. The minimum absolute atomic E-state index is 0.0778. The fourth-order valence-electron chi connectivity index (χ4n) is 1.89. The molecule has 0 amide bonds. The van der Waals surface area contributed by atoms with Crippen molar-refractivity contribution in [2.75, 3.05) is 17.2 Å². The Morgan fingerprint density at radius 2 is 1.95 bits per heavy atom. The maximum atomic E-state index is 13.2. The Hall–Kier alpha value is -1.88. The molecule has 2 rings (SSSR count). The van der Waals surface area contributed by atoms with Gasteiger partial charge in [0, 0.05) is 17.8 Å². The third-order valence-corrected chi connectivity index (χ3v) is 3.12. The second-order valence-corrected chi connectivity index (χ2v) is 4.59. The minimum atomic E-state index is -0.441.